The summed E-state index contributed by atoms with van der Waals surface area (Å²) in [4.78, 5) is 12.6. The van der Waals surface area contributed by atoms with Crippen molar-refractivity contribution in [2.75, 3.05) is 26.5 Å². The Morgan fingerprint density at radius 3 is 2.33 bits per heavy atom. The first-order valence-corrected chi connectivity index (χ1v) is 10.3. The van der Waals surface area contributed by atoms with Crippen LogP contribution < -0.4 is 15.4 Å². The van der Waals surface area contributed by atoms with Crippen molar-refractivity contribution in [2.24, 2.45) is 0 Å². The number of anilines is 1. The predicted molar refractivity (Wildman–Crippen MR) is 112 cm³/mol. The average molecular weight is 472 g/mol. The zero-order chi connectivity index (χ0) is 20.2. The standard InChI is InChI=1S/C17H18BrN3O4S2/c1-21(2)27(23,24)13-7-5-12(6-8-13)19-17(26)20-16(22)14-10-11(18)4-9-15(14)25-3/h4-10H,1-3H3,(H2,19,20,22,26). The van der Waals surface area contributed by atoms with E-state index in [2.05, 4.69) is 26.6 Å². The summed E-state index contributed by atoms with van der Waals surface area (Å²) in [5, 5.41) is 5.48. The predicted octanol–water partition coefficient (Wildman–Crippen LogP) is 2.83. The van der Waals surface area contributed by atoms with Crippen molar-refractivity contribution in [1.82, 2.24) is 9.62 Å². The summed E-state index contributed by atoms with van der Waals surface area (Å²) < 4.78 is 31.2. The van der Waals surface area contributed by atoms with Gasteiger partial charge in [-0.15, -0.1) is 0 Å². The first kappa shape index (κ1) is 21.3. The Hall–Kier alpha value is -2.01. The van der Waals surface area contributed by atoms with Gasteiger partial charge in [0.2, 0.25) is 10.0 Å². The van der Waals surface area contributed by atoms with Crippen LogP contribution in [0.25, 0.3) is 0 Å². The largest absolute Gasteiger partial charge is 0.496 e. The lowest BCUT2D eigenvalue weighted by atomic mass is 10.2. The number of hydrogen-bond donors (Lipinski definition) is 2. The molecule has 0 aromatic heterocycles. The maximum atomic E-state index is 12.4. The van der Waals surface area contributed by atoms with E-state index in [1.54, 1.807) is 30.3 Å². The summed E-state index contributed by atoms with van der Waals surface area (Å²) in [6.07, 6.45) is 0. The summed E-state index contributed by atoms with van der Waals surface area (Å²) in [6.45, 7) is 0. The zero-order valence-corrected chi connectivity index (χ0v) is 18.0. The first-order valence-electron chi connectivity index (χ1n) is 7.63. The lowest BCUT2D eigenvalue weighted by Gasteiger charge is -2.13. The third-order valence-corrected chi connectivity index (χ3v) is 6.05. The number of amides is 1. The summed E-state index contributed by atoms with van der Waals surface area (Å²) in [5.74, 6) is -0.0193. The highest BCUT2D eigenvalue weighted by molar-refractivity contribution is 9.10. The van der Waals surface area contributed by atoms with Crippen LogP contribution in [0.15, 0.2) is 51.8 Å². The van der Waals surface area contributed by atoms with Gasteiger partial charge in [-0.25, -0.2) is 12.7 Å². The topological polar surface area (TPSA) is 87.7 Å². The molecule has 2 rings (SSSR count). The number of nitrogens with zero attached hydrogens (tertiary/aromatic N) is 1. The molecule has 1 amide bonds. The van der Waals surface area contributed by atoms with Crippen LogP contribution in [0.2, 0.25) is 0 Å². The third kappa shape index (κ3) is 5.25. The van der Waals surface area contributed by atoms with Gasteiger partial charge in [0.05, 0.1) is 17.6 Å². The molecule has 2 aromatic carbocycles. The number of carbonyl (C=O) groups excluding carboxylic acids is 1. The summed E-state index contributed by atoms with van der Waals surface area (Å²) in [7, 11) is 0.889. The van der Waals surface area contributed by atoms with Crippen LogP contribution in [-0.2, 0) is 10.0 Å². The number of sulfonamides is 1. The van der Waals surface area contributed by atoms with Gasteiger partial charge in [0, 0.05) is 24.3 Å². The van der Waals surface area contributed by atoms with E-state index in [4.69, 9.17) is 17.0 Å². The molecule has 0 aliphatic heterocycles. The lowest BCUT2D eigenvalue weighted by molar-refractivity contribution is 0.0974. The van der Waals surface area contributed by atoms with E-state index in [-0.39, 0.29) is 10.0 Å². The Kier molecular flexibility index (Phi) is 6.93. The van der Waals surface area contributed by atoms with E-state index in [1.807, 2.05) is 0 Å². The molecule has 0 aliphatic rings. The average Bonchev–Trinajstić information content (AvgIpc) is 2.61. The molecule has 0 unspecified atom stereocenters. The van der Waals surface area contributed by atoms with Crippen LogP contribution in [0.1, 0.15) is 10.4 Å². The number of ether oxygens (including phenoxy) is 1. The van der Waals surface area contributed by atoms with E-state index in [9.17, 15) is 13.2 Å². The lowest BCUT2D eigenvalue weighted by Crippen LogP contribution is -2.34. The highest BCUT2D eigenvalue weighted by Gasteiger charge is 2.17. The summed E-state index contributed by atoms with van der Waals surface area (Å²) in [5.41, 5.74) is 0.864. The Labute approximate surface area is 171 Å². The Morgan fingerprint density at radius 1 is 1.15 bits per heavy atom. The Morgan fingerprint density at radius 2 is 1.78 bits per heavy atom. The minimum Gasteiger partial charge on any atom is -0.496 e. The van der Waals surface area contributed by atoms with E-state index < -0.39 is 15.9 Å². The molecule has 0 saturated carbocycles. The number of benzene rings is 2. The quantitative estimate of drug-likeness (QED) is 0.651. The molecule has 0 heterocycles. The van der Waals surface area contributed by atoms with Crippen LogP contribution in [0.4, 0.5) is 5.69 Å². The fourth-order valence-electron chi connectivity index (χ4n) is 2.11. The second-order valence-corrected chi connectivity index (χ2v) is 9.04. The molecular weight excluding hydrogens is 454 g/mol. The van der Waals surface area contributed by atoms with Crippen molar-refractivity contribution in [2.45, 2.75) is 4.90 Å². The van der Waals surface area contributed by atoms with Crippen molar-refractivity contribution in [3.05, 3.63) is 52.5 Å². The molecular formula is C17H18BrN3O4S2. The monoisotopic (exact) mass is 471 g/mol. The third-order valence-electron chi connectivity index (χ3n) is 3.52. The van der Waals surface area contributed by atoms with Crippen LogP contribution in [0, 0.1) is 0 Å². The number of halogens is 1. The molecule has 0 spiro atoms. The van der Waals surface area contributed by atoms with Crippen LogP contribution >= 0.6 is 28.1 Å². The number of rotatable bonds is 5. The summed E-state index contributed by atoms with van der Waals surface area (Å²) >= 11 is 8.46. The number of carbonyl (C=O) groups is 1. The van der Waals surface area contributed by atoms with E-state index in [0.717, 1.165) is 8.78 Å². The maximum absolute atomic E-state index is 12.4. The van der Waals surface area contributed by atoms with Crippen LogP contribution in [0.5, 0.6) is 5.75 Å². The second kappa shape index (κ2) is 8.79. The molecule has 0 radical (unpaired) electrons. The van der Waals surface area contributed by atoms with Gasteiger partial charge in [-0.2, -0.15) is 0 Å². The van der Waals surface area contributed by atoms with Crippen LogP contribution in [0.3, 0.4) is 0 Å². The van der Waals surface area contributed by atoms with Crippen LogP contribution in [-0.4, -0.2) is 44.9 Å². The van der Waals surface area contributed by atoms with Gasteiger partial charge < -0.3 is 10.1 Å². The van der Waals surface area contributed by atoms with Crippen molar-refractivity contribution >= 4 is 54.9 Å². The number of thiocarbonyl (C=S) groups is 1. The zero-order valence-electron chi connectivity index (χ0n) is 14.8. The smallest absolute Gasteiger partial charge is 0.261 e. The number of nitrogens with one attached hydrogen (secondary N) is 2. The van der Waals surface area contributed by atoms with Gasteiger partial charge in [-0.05, 0) is 54.7 Å². The number of methoxy groups -OCH3 is 1. The highest BCUT2D eigenvalue weighted by Crippen LogP contribution is 2.23. The summed E-state index contributed by atoms with van der Waals surface area (Å²) in [6, 6.07) is 11.1. The second-order valence-electron chi connectivity index (χ2n) is 5.56. The van der Waals surface area contributed by atoms with Gasteiger partial charge in [0.1, 0.15) is 5.75 Å². The fourth-order valence-corrected chi connectivity index (χ4v) is 3.58. The molecule has 0 saturated heterocycles. The van der Waals surface area contributed by atoms with E-state index in [1.165, 1.54) is 33.3 Å². The minimum absolute atomic E-state index is 0.0743. The first-order chi connectivity index (χ1) is 12.6. The molecule has 0 atom stereocenters. The van der Waals surface area contributed by atoms with Crippen molar-refractivity contribution in [3.63, 3.8) is 0 Å². The van der Waals surface area contributed by atoms with Gasteiger partial charge in [-0.1, -0.05) is 15.9 Å². The molecule has 144 valence electrons. The molecule has 27 heavy (non-hydrogen) atoms. The molecule has 0 bridgehead atoms. The Bertz CT molecular complexity index is 961. The maximum Gasteiger partial charge on any atom is 0.261 e. The minimum atomic E-state index is -3.50. The Balaban J connectivity index is 2.08. The van der Waals surface area contributed by atoms with Gasteiger partial charge in [0.25, 0.3) is 5.91 Å². The molecule has 0 fully saturated rings. The number of hydrogen-bond acceptors (Lipinski definition) is 5. The highest BCUT2D eigenvalue weighted by atomic mass is 79.9. The molecule has 7 nitrogen and oxygen atoms in total. The fraction of sp³-hybridized carbons (Fsp3) is 0.176. The van der Waals surface area contributed by atoms with E-state index >= 15 is 0 Å². The van der Waals surface area contributed by atoms with Crippen molar-refractivity contribution in [3.8, 4) is 5.75 Å². The molecule has 0 aliphatic carbocycles. The normalized spacial score (nSPS) is 11.1. The van der Waals surface area contributed by atoms with Crippen molar-refractivity contribution in [1.29, 1.82) is 0 Å². The van der Waals surface area contributed by atoms with Gasteiger partial charge in [-0.3, -0.25) is 10.1 Å². The molecule has 2 aromatic rings. The van der Waals surface area contributed by atoms with Crippen molar-refractivity contribution < 1.29 is 17.9 Å². The van der Waals surface area contributed by atoms with E-state index in [0.29, 0.717) is 17.0 Å². The molecule has 2 N–H and O–H groups in total. The van der Waals surface area contributed by atoms with Gasteiger partial charge in [0.15, 0.2) is 5.11 Å². The van der Waals surface area contributed by atoms with Gasteiger partial charge >= 0.3 is 0 Å². The SMILES string of the molecule is COc1ccc(Br)cc1C(=O)NC(=S)Nc1ccc(S(=O)(=O)N(C)C)cc1. The molecule has 10 heteroatoms.